The standard InChI is InChI=1S/C17H21ClF3N5O/c1-9-12(8-25(4)22-9)7-24(3)16(27)10(2)26-14(11-5-6-11)13(18)15(23-26)17(19,20)21/h8,10-11H,5-7H2,1-4H3/t10-/m0/s1. The van der Waals surface area contributed by atoms with E-state index in [1.165, 1.54) is 4.90 Å². The van der Waals surface area contributed by atoms with Gasteiger partial charge in [-0.2, -0.15) is 23.4 Å². The summed E-state index contributed by atoms with van der Waals surface area (Å²) < 4.78 is 42.5. The molecule has 2 heterocycles. The molecule has 3 rings (SSSR count). The molecule has 10 heteroatoms. The fraction of sp³-hybridized carbons (Fsp3) is 0.588. The molecule has 0 aliphatic heterocycles. The molecule has 0 radical (unpaired) electrons. The third-order valence-corrected chi connectivity index (χ3v) is 5.12. The molecule has 0 spiro atoms. The van der Waals surface area contributed by atoms with Crippen molar-refractivity contribution >= 4 is 17.5 Å². The van der Waals surface area contributed by atoms with E-state index in [9.17, 15) is 18.0 Å². The van der Waals surface area contributed by atoms with E-state index in [1.54, 1.807) is 25.7 Å². The highest BCUT2D eigenvalue weighted by Crippen LogP contribution is 2.47. The van der Waals surface area contributed by atoms with Crippen LogP contribution in [0.3, 0.4) is 0 Å². The molecule has 148 valence electrons. The predicted molar refractivity (Wildman–Crippen MR) is 93.3 cm³/mol. The van der Waals surface area contributed by atoms with Gasteiger partial charge in [0.15, 0.2) is 5.69 Å². The quantitative estimate of drug-likeness (QED) is 0.765. The Morgan fingerprint density at radius 1 is 1.41 bits per heavy atom. The Balaban J connectivity index is 1.87. The van der Waals surface area contributed by atoms with Crippen LogP contribution < -0.4 is 0 Å². The van der Waals surface area contributed by atoms with E-state index in [1.807, 2.05) is 13.1 Å². The lowest BCUT2D eigenvalue weighted by Gasteiger charge is -2.23. The molecule has 1 atom stereocenters. The summed E-state index contributed by atoms with van der Waals surface area (Å²) >= 11 is 5.99. The third kappa shape index (κ3) is 3.83. The van der Waals surface area contributed by atoms with Crippen molar-refractivity contribution in [3.05, 3.63) is 33.9 Å². The predicted octanol–water partition coefficient (Wildman–Crippen LogP) is 3.69. The molecule has 6 nitrogen and oxygen atoms in total. The zero-order valence-electron chi connectivity index (χ0n) is 15.5. The summed E-state index contributed by atoms with van der Waals surface area (Å²) in [6.07, 6.45) is -1.36. The summed E-state index contributed by atoms with van der Waals surface area (Å²) in [6.45, 7) is 3.69. The van der Waals surface area contributed by atoms with Crippen LogP contribution in [0.15, 0.2) is 6.20 Å². The zero-order valence-corrected chi connectivity index (χ0v) is 16.3. The Labute approximate surface area is 159 Å². The molecule has 1 saturated carbocycles. The van der Waals surface area contributed by atoms with Gasteiger partial charge in [0.05, 0.1) is 16.4 Å². The maximum absolute atomic E-state index is 13.2. The SMILES string of the molecule is Cc1nn(C)cc1CN(C)C(=O)[C@H](C)n1nc(C(F)(F)F)c(Cl)c1C1CC1. The van der Waals surface area contributed by atoms with E-state index in [-0.39, 0.29) is 11.8 Å². The van der Waals surface area contributed by atoms with Crippen molar-refractivity contribution < 1.29 is 18.0 Å². The number of hydrogen-bond acceptors (Lipinski definition) is 3. The lowest BCUT2D eigenvalue weighted by atomic mass is 10.2. The maximum atomic E-state index is 13.2. The minimum Gasteiger partial charge on any atom is -0.339 e. The summed E-state index contributed by atoms with van der Waals surface area (Å²) in [5.74, 6) is -0.421. The van der Waals surface area contributed by atoms with Gasteiger partial charge in [-0.3, -0.25) is 14.2 Å². The van der Waals surface area contributed by atoms with Gasteiger partial charge in [0, 0.05) is 38.3 Å². The lowest BCUT2D eigenvalue weighted by molar-refractivity contribution is -0.142. The largest absolute Gasteiger partial charge is 0.436 e. The van der Waals surface area contributed by atoms with Gasteiger partial charge in [-0.1, -0.05) is 11.6 Å². The number of halogens is 4. The first-order valence-electron chi connectivity index (χ1n) is 8.59. The fourth-order valence-electron chi connectivity index (χ4n) is 3.19. The summed E-state index contributed by atoms with van der Waals surface area (Å²) in [5, 5.41) is 7.51. The van der Waals surface area contributed by atoms with Gasteiger partial charge in [0.1, 0.15) is 6.04 Å². The van der Waals surface area contributed by atoms with Crippen LogP contribution in [0, 0.1) is 6.92 Å². The van der Waals surface area contributed by atoms with Gasteiger partial charge >= 0.3 is 6.18 Å². The first-order chi connectivity index (χ1) is 12.5. The Morgan fingerprint density at radius 3 is 2.52 bits per heavy atom. The number of carbonyl (C=O) groups is 1. The minimum atomic E-state index is -4.66. The van der Waals surface area contributed by atoms with E-state index >= 15 is 0 Å². The molecule has 1 amide bonds. The molecule has 27 heavy (non-hydrogen) atoms. The first-order valence-corrected chi connectivity index (χ1v) is 8.97. The van der Waals surface area contributed by atoms with Crippen molar-refractivity contribution in [3.8, 4) is 0 Å². The number of carbonyl (C=O) groups excluding carboxylic acids is 1. The Hall–Kier alpha value is -2.03. The van der Waals surface area contributed by atoms with Crippen molar-refractivity contribution in [1.82, 2.24) is 24.5 Å². The van der Waals surface area contributed by atoms with E-state index in [0.29, 0.717) is 12.2 Å². The lowest BCUT2D eigenvalue weighted by Crippen LogP contribution is -2.34. The highest BCUT2D eigenvalue weighted by atomic mass is 35.5. The fourth-order valence-corrected chi connectivity index (χ4v) is 3.57. The summed E-state index contributed by atoms with van der Waals surface area (Å²) in [5.41, 5.74) is 0.842. The Morgan fingerprint density at radius 2 is 2.04 bits per heavy atom. The molecule has 1 aliphatic rings. The zero-order chi connectivity index (χ0) is 20.1. The van der Waals surface area contributed by atoms with E-state index in [4.69, 9.17) is 11.6 Å². The third-order valence-electron chi connectivity index (χ3n) is 4.74. The smallest absolute Gasteiger partial charge is 0.339 e. The van der Waals surface area contributed by atoms with Crippen LogP contribution in [0.25, 0.3) is 0 Å². The molecule has 0 aromatic carbocycles. The number of nitrogens with zero attached hydrogens (tertiary/aromatic N) is 5. The average Bonchev–Trinajstić information content (AvgIpc) is 3.26. The maximum Gasteiger partial charge on any atom is 0.436 e. The second-order valence-electron chi connectivity index (χ2n) is 7.05. The van der Waals surface area contributed by atoms with Crippen LogP contribution in [0.2, 0.25) is 5.02 Å². The normalized spacial score (nSPS) is 15.9. The van der Waals surface area contributed by atoms with Gasteiger partial charge in [-0.05, 0) is 26.7 Å². The van der Waals surface area contributed by atoms with Gasteiger partial charge in [-0.25, -0.2) is 0 Å². The van der Waals surface area contributed by atoms with Crippen LogP contribution in [-0.2, 0) is 24.6 Å². The summed E-state index contributed by atoms with van der Waals surface area (Å²) in [7, 11) is 3.39. The Kier molecular flexibility index (Phi) is 5.00. The Bertz CT molecular complexity index is 869. The summed E-state index contributed by atoms with van der Waals surface area (Å²) in [4.78, 5) is 14.3. The molecule has 0 saturated heterocycles. The van der Waals surface area contributed by atoms with Crippen LogP contribution in [0.4, 0.5) is 13.2 Å². The number of aromatic nitrogens is 4. The summed E-state index contributed by atoms with van der Waals surface area (Å²) in [6, 6.07) is -0.892. The molecule has 2 aromatic rings. The molecule has 0 N–H and O–H groups in total. The topological polar surface area (TPSA) is 56.0 Å². The number of hydrogen-bond donors (Lipinski definition) is 0. The minimum absolute atomic E-state index is 0.0813. The van der Waals surface area contributed by atoms with E-state index in [2.05, 4.69) is 10.2 Å². The van der Waals surface area contributed by atoms with Crippen LogP contribution in [-0.4, -0.2) is 37.4 Å². The molecular formula is C17H21ClF3N5O. The highest BCUT2D eigenvalue weighted by Gasteiger charge is 2.43. The second-order valence-corrected chi connectivity index (χ2v) is 7.43. The van der Waals surface area contributed by atoms with Crippen LogP contribution in [0.1, 0.15) is 54.4 Å². The number of rotatable bonds is 5. The number of aryl methyl sites for hydroxylation is 2. The highest BCUT2D eigenvalue weighted by molar-refractivity contribution is 6.32. The molecule has 0 unspecified atom stereocenters. The average molecular weight is 404 g/mol. The molecular weight excluding hydrogens is 383 g/mol. The van der Waals surface area contributed by atoms with Crippen molar-refractivity contribution in [2.75, 3.05) is 7.05 Å². The first kappa shape index (κ1) is 19.7. The molecule has 2 aromatic heterocycles. The van der Waals surface area contributed by atoms with Gasteiger partial charge in [0.2, 0.25) is 5.91 Å². The van der Waals surface area contributed by atoms with Crippen molar-refractivity contribution in [2.24, 2.45) is 7.05 Å². The van der Waals surface area contributed by atoms with E-state index < -0.39 is 22.9 Å². The van der Waals surface area contributed by atoms with E-state index in [0.717, 1.165) is 28.8 Å². The van der Waals surface area contributed by atoms with Gasteiger partial charge in [-0.15, -0.1) is 0 Å². The van der Waals surface area contributed by atoms with Crippen molar-refractivity contribution in [3.63, 3.8) is 0 Å². The monoisotopic (exact) mass is 403 g/mol. The van der Waals surface area contributed by atoms with Crippen LogP contribution in [0.5, 0.6) is 0 Å². The van der Waals surface area contributed by atoms with Crippen molar-refractivity contribution in [2.45, 2.75) is 51.4 Å². The molecule has 1 fully saturated rings. The van der Waals surface area contributed by atoms with Crippen molar-refractivity contribution in [1.29, 1.82) is 0 Å². The molecule has 0 bridgehead atoms. The van der Waals surface area contributed by atoms with Crippen LogP contribution >= 0.6 is 11.6 Å². The molecule has 1 aliphatic carbocycles. The number of amides is 1. The second kappa shape index (κ2) is 6.85. The number of likely N-dealkylation sites (N-methyl/N-ethyl adjacent to an activating group) is 1. The van der Waals surface area contributed by atoms with Gasteiger partial charge < -0.3 is 4.90 Å². The number of alkyl halides is 3. The van der Waals surface area contributed by atoms with Gasteiger partial charge in [0.25, 0.3) is 0 Å².